The first-order chi connectivity index (χ1) is 10.6. The molecule has 2 heterocycles. The van der Waals surface area contributed by atoms with Crippen molar-refractivity contribution in [3.8, 4) is 0 Å². The van der Waals surface area contributed by atoms with Crippen LogP contribution in [-0.2, 0) is 17.8 Å². The molecule has 2 aromatic rings. The third kappa shape index (κ3) is 3.05. The van der Waals surface area contributed by atoms with Crippen LogP contribution in [0.25, 0.3) is 0 Å². The Hall–Kier alpha value is -2.11. The van der Waals surface area contributed by atoms with Gasteiger partial charge in [-0.05, 0) is 33.6 Å². The summed E-state index contributed by atoms with van der Waals surface area (Å²) in [4.78, 5) is 16.5. The quantitative estimate of drug-likeness (QED) is 0.886. The van der Waals surface area contributed by atoms with Gasteiger partial charge in [0.05, 0.1) is 12.1 Å². The van der Waals surface area contributed by atoms with Gasteiger partial charge in [-0.15, -0.1) is 0 Å². The molecule has 1 fully saturated rings. The van der Waals surface area contributed by atoms with E-state index in [1.807, 2.05) is 20.0 Å². The van der Waals surface area contributed by atoms with E-state index in [1.165, 1.54) is 12.8 Å². The van der Waals surface area contributed by atoms with E-state index < -0.39 is 0 Å². The molecule has 22 heavy (non-hydrogen) atoms. The molecule has 0 radical (unpaired) electrons. The second-order valence-corrected chi connectivity index (χ2v) is 6.01. The van der Waals surface area contributed by atoms with E-state index in [0.29, 0.717) is 24.6 Å². The second-order valence-electron chi connectivity index (χ2n) is 6.01. The number of imidazole rings is 1. The summed E-state index contributed by atoms with van der Waals surface area (Å²) < 4.78 is 7.30. The summed E-state index contributed by atoms with van der Waals surface area (Å²) in [5.74, 6) is 2.50. The van der Waals surface area contributed by atoms with Crippen LogP contribution < -0.4 is 5.32 Å². The Labute approximate surface area is 129 Å². The van der Waals surface area contributed by atoms with Gasteiger partial charge in [-0.1, -0.05) is 5.16 Å². The summed E-state index contributed by atoms with van der Waals surface area (Å²) >= 11 is 0. The largest absolute Gasteiger partial charge is 0.361 e. The fraction of sp³-hybridized carbons (Fsp3) is 0.562. The molecule has 6 heteroatoms. The molecule has 1 N–H and O–H groups in total. The van der Waals surface area contributed by atoms with E-state index >= 15 is 0 Å². The molecule has 0 saturated heterocycles. The maximum Gasteiger partial charge on any atom is 0.224 e. The lowest BCUT2D eigenvalue weighted by Crippen LogP contribution is -2.29. The fourth-order valence-corrected chi connectivity index (χ4v) is 2.72. The summed E-state index contributed by atoms with van der Waals surface area (Å²) in [7, 11) is 0. The standard InChI is InChI=1S/C16H22N4O2/c1-10-9-18-16(13-4-5-13)20(10)7-6-17-15(21)8-14-11(2)19-22-12(14)3/h9,13H,4-8H2,1-3H3,(H,17,21). The van der Waals surface area contributed by atoms with Gasteiger partial charge in [0.25, 0.3) is 0 Å². The highest BCUT2D eigenvalue weighted by molar-refractivity contribution is 5.78. The summed E-state index contributed by atoms with van der Waals surface area (Å²) in [6.07, 6.45) is 4.70. The first-order valence-corrected chi connectivity index (χ1v) is 7.76. The molecule has 0 aliphatic heterocycles. The minimum Gasteiger partial charge on any atom is -0.361 e. The Kier molecular flexibility index (Phi) is 4.00. The highest BCUT2D eigenvalue weighted by atomic mass is 16.5. The van der Waals surface area contributed by atoms with Crippen molar-refractivity contribution < 1.29 is 9.32 Å². The normalized spacial score (nSPS) is 14.3. The van der Waals surface area contributed by atoms with E-state index in [-0.39, 0.29) is 5.91 Å². The first kappa shape index (κ1) is 14.8. The monoisotopic (exact) mass is 302 g/mol. The third-order valence-electron chi connectivity index (χ3n) is 4.20. The topological polar surface area (TPSA) is 73.0 Å². The van der Waals surface area contributed by atoms with Gasteiger partial charge in [0.2, 0.25) is 5.91 Å². The minimum absolute atomic E-state index is 0.000130. The Morgan fingerprint density at radius 1 is 1.41 bits per heavy atom. The van der Waals surface area contributed by atoms with Gasteiger partial charge in [0.15, 0.2) is 0 Å². The van der Waals surface area contributed by atoms with Crippen molar-refractivity contribution in [2.24, 2.45) is 0 Å². The van der Waals surface area contributed by atoms with Gasteiger partial charge in [-0.25, -0.2) is 4.98 Å². The van der Waals surface area contributed by atoms with Crippen molar-refractivity contribution in [2.45, 2.75) is 52.5 Å². The molecular formula is C16H22N4O2. The number of carbonyl (C=O) groups excluding carboxylic acids is 1. The molecule has 118 valence electrons. The number of rotatable bonds is 6. The summed E-state index contributed by atoms with van der Waals surface area (Å²) in [5.41, 5.74) is 2.82. The van der Waals surface area contributed by atoms with Crippen LogP contribution >= 0.6 is 0 Å². The lowest BCUT2D eigenvalue weighted by molar-refractivity contribution is -0.120. The van der Waals surface area contributed by atoms with E-state index in [9.17, 15) is 4.79 Å². The van der Waals surface area contributed by atoms with Crippen LogP contribution in [0.1, 0.15) is 47.3 Å². The molecule has 2 aromatic heterocycles. The van der Waals surface area contributed by atoms with Crippen LogP contribution in [0.3, 0.4) is 0 Å². The molecular weight excluding hydrogens is 280 g/mol. The molecule has 0 unspecified atom stereocenters. The van der Waals surface area contributed by atoms with E-state index in [2.05, 4.69) is 26.9 Å². The molecule has 0 bridgehead atoms. The maximum absolute atomic E-state index is 12.1. The molecule has 3 rings (SSSR count). The molecule has 0 atom stereocenters. The van der Waals surface area contributed by atoms with Crippen LogP contribution in [-0.4, -0.2) is 27.2 Å². The van der Waals surface area contributed by atoms with Gasteiger partial charge in [-0.3, -0.25) is 4.79 Å². The molecule has 6 nitrogen and oxygen atoms in total. The predicted octanol–water partition coefficient (Wildman–Crippen LogP) is 2.03. The van der Waals surface area contributed by atoms with Crippen LogP contribution in [0.4, 0.5) is 0 Å². The number of aromatic nitrogens is 3. The number of nitrogens with zero attached hydrogens (tertiary/aromatic N) is 3. The van der Waals surface area contributed by atoms with Gasteiger partial charge >= 0.3 is 0 Å². The van der Waals surface area contributed by atoms with Crippen molar-refractivity contribution in [1.29, 1.82) is 0 Å². The van der Waals surface area contributed by atoms with Crippen molar-refractivity contribution in [3.63, 3.8) is 0 Å². The average molecular weight is 302 g/mol. The fourth-order valence-electron chi connectivity index (χ4n) is 2.72. The number of carbonyl (C=O) groups is 1. The number of aryl methyl sites for hydroxylation is 3. The first-order valence-electron chi connectivity index (χ1n) is 7.76. The lowest BCUT2D eigenvalue weighted by atomic mass is 10.1. The average Bonchev–Trinajstić information content (AvgIpc) is 3.20. The van der Waals surface area contributed by atoms with Crippen LogP contribution in [0.5, 0.6) is 0 Å². The number of hydrogen-bond acceptors (Lipinski definition) is 4. The van der Waals surface area contributed by atoms with E-state index in [1.54, 1.807) is 0 Å². The number of amides is 1. The van der Waals surface area contributed by atoms with Crippen molar-refractivity contribution in [1.82, 2.24) is 20.0 Å². The SMILES string of the molecule is Cc1noc(C)c1CC(=O)NCCn1c(C)cnc1C1CC1. The highest BCUT2D eigenvalue weighted by Crippen LogP contribution is 2.39. The smallest absolute Gasteiger partial charge is 0.224 e. The predicted molar refractivity (Wildman–Crippen MR) is 81.6 cm³/mol. The Morgan fingerprint density at radius 3 is 2.82 bits per heavy atom. The minimum atomic E-state index is 0.000130. The van der Waals surface area contributed by atoms with Gasteiger partial charge in [-0.2, -0.15) is 0 Å². The molecule has 1 aliphatic carbocycles. The lowest BCUT2D eigenvalue weighted by Gasteiger charge is -2.10. The number of nitrogens with one attached hydrogen (secondary N) is 1. The molecule has 1 amide bonds. The molecule has 1 aliphatic rings. The highest BCUT2D eigenvalue weighted by Gasteiger charge is 2.28. The van der Waals surface area contributed by atoms with E-state index in [4.69, 9.17) is 4.52 Å². The maximum atomic E-state index is 12.1. The Morgan fingerprint density at radius 2 is 2.18 bits per heavy atom. The Balaban J connectivity index is 1.53. The van der Waals surface area contributed by atoms with Crippen LogP contribution in [0, 0.1) is 20.8 Å². The molecule has 1 saturated carbocycles. The van der Waals surface area contributed by atoms with Crippen molar-refractivity contribution in [3.05, 3.63) is 34.7 Å². The van der Waals surface area contributed by atoms with Gasteiger partial charge in [0.1, 0.15) is 11.6 Å². The Bertz CT molecular complexity index is 663. The zero-order chi connectivity index (χ0) is 15.7. The van der Waals surface area contributed by atoms with Gasteiger partial charge < -0.3 is 14.4 Å². The summed E-state index contributed by atoms with van der Waals surface area (Å²) in [6.45, 7) is 7.13. The zero-order valence-electron chi connectivity index (χ0n) is 13.3. The number of hydrogen-bond donors (Lipinski definition) is 1. The van der Waals surface area contributed by atoms with Crippen LogP contribution in [0.15, 0.2) is 10.7 Å². The second kappa shape index (κ2) is 5.94. The molecule has 0 aromatic carbocycles. The zero-order valence-corrected chi connectivity index (χ0v) is 13.3. The summed E-state index contributed by atoms with van der Waals surface area (Å²) in [5, 5.41) is 6.84. The van der Waals surface area contributed by atoms with Crippen LogP contribution in [0.2, 0.25) is 0 Å². The van der Waals surface area contributed by atoms with Crippen molar-refractivity contribution >= 4 is 5.91 Å². The molecule has 0 spiro atoms. The van der Waals surface area contributed by atoms with E-state index in [0.717, 1.165) is 29.3 Å². The third-order valence-corrected chi connectivity index (χ3v) is 4.20. The summed E-state index contributed by atoms with van der Waals surface area (Å²) in [6, 6.07) is 0. The van der Waals surface area contributed by atoms with Crippen molar-refractivity contribution in [2.75, 3.05) is 6.54 Å². The van der Waals surface area contributed by atoms with Gasteiger partial charge in [0, 0.05) is 36.5 Å².